The monoisotopic (exact) mass is 309 g/mol. The van der Waals surface area contributed by atoms with E-state index in [0.29, 0.717) is 11.9 Å². The van der Waals surface area contributed by atoms with Gasteiger partial charge in [-0.25, -0.2) is 14.6 Å². The van der Waals surface area contributed by atoms with E-state index in [9.17, 15) is 0 Å². The van der Waals surface area contributed by atoms with E-state index in [-0.39, 0.29) is 6.61 Å². The van der Waals surface area contributed by atoms with Crippen LogP contribution in [0.25, 0.3) is 5.69 Å². The number of ether oxygens (including phenoxy) is 1. The van der Waals surface area contributed by atoms with Gasteiger partial charge in [-0.05, 0) is 36.1 Å². The molecule has 6 nitrogen and oxygen atoms in total. The molecule has 0 amide bonds. The van der Waals surface area contributed by atoms with Crippen LogP contribution in [-0.4, -0.2) is 25.0 Å². The van der Waals surface area contributed by atoms with E-state index >= 15 is 0 Å². The van der Waals surface area contributed by atoms with Gasteiger partial charge in [0.25, 0.3) is 0 Å². The Morgan fingerprint density at radius 3 is 2.70 bits per heavy atom. The van der Waals surface area contributed by atoms with Crippen LogP contribution in [0.1, 0.15) is 36.6 Å². The maximum atomic E-state index is 5.52. The zero-order chi connectivity index (χ0) is 16.2. The predicted octanol–water partition coefficient (Wildman–Crippen LogP) is 3.07. The van der Waals surface area contributed by atoms with E-state index < -0.39 is 0 Å². The summed E-state index contributed by atoms with van der Waals surface area (Å²) in [5.41, 5.74) is 3.97. The van der Waals surface area contributed by atoms with Crippen molar-refractivity contribution in [3.8, 4) is 11.7 Å². The molecule has 23 heavy (non-hydrogen) atoms. The molecular formula is C17H19N5O. The number of hydrogen-bond donors (Lipinski definition) is 0. The van der Waals surface area contributed by atoms with E-state index in [0.717, 1.165) is 16.9 Å². The first-order chi connectivity index (χ1) is 11.1. The first kappa shape index (κ1) is 15.1. The summed E-state index contributed by atoms with van der Waals surface area (Å²) >= 11 is 0. The highest BCUT2D eigenvalue weighted by Gasteiger charge is 2.07. The van der Waals surface area contributed by atoms with Crippen molar-refractivity contribution in [1.29, 1.82) is 0 Å². The van der Waals surface area contributed by atoms with Crippen molar-refractivity contribution in [2.45, 2.75) is 33.3 Å². The van der Waals surface area contributed by atoms with Crippen molar-refractivity contribution in [3.63, 3.8) is 0 Å². The van der Waals surface area contributed by atoms with E-state index in [1.165, 1.54) is 5.56 Å². The third-order valence-corrected chi connectivity index (χ3v) is 3.45. The Hall–Kier alpha value is -2.76. The van der Waals surface area contributed by atoms with Gasteiger partial charge in [0.05, 0.1) is 11.9 Å². The summed E-state index contributed by atoms with van der Waals surface area (Å²) in [6, 6.07) is 8.61. The highest BCUT2D eigenvalue weighted by Crippen LogP contribution is 2.17. The molecule has 2 aromatic heterocycles. The minimum atomic E-state index is 0.285. The first-order valence-corrected chi connectivity index (χ1v) is 7.55. The lowest BCUT2D eigenvalue weighted by atomic mass is 10.0. The fraction of sp³-hybridized carbons (Fsp3) is 0.294. The van der Waals surface area contributed by atoms with E-state index in [2.05, 4.69) is 46.3 Å². The minimum absolute atomic E-state index is 0.285. The number of rotatable bonds is 5. The molecule has 2 heterocycles. The fourth-order valence-corrected chi connectivity index (χ4v) is 2.11. The van der Waals surface area contributed by atoms with Crippen LogP contribution < -0.4 is 4.74 Å². The molecule has 0 aliphatic carbocycles. The third kappa shape index (κ3) is 3.71. The maximum Gasteiger partial charge on any atom is 0.316 e. The molecule has 0 unspecified atom stereocenters. The average Bonchev–Trinajstić information content (AvgIpc) is 3.03. The van der Waals surface area contributed by atoms with Crippen molar-refractivity contribution < 1.29 is 4.74 Å². The van der Waals surface area contributed by atoms with Crippen LogP contribution in [0.4, 0.5) is 0 Å². The van der Waals surface area contributed by atoms with E-state index in [4.69, 9.17) is 4.74 Å². The topological polar surface area (TPSA) is 65.7 Å². The van der Waals surface area contributed by atoms with Crippen molar-refractivity contribution in [3.05, 3.63) is 59.7 Å². The second kappa shape index (κ2) is 6.56. The summed E-state index contributed by atoms with van der Waals surface area (Å²) in [7, 11) is 0. The van der Waals surface area contributed by atoms with Crippen LogP contribution in [-0.2, 0) is 6.61 Å². The molecule has 0 saturated heterocycles. The standard InChI is InChI=1S/C17H19N5O/c1-12(2)14-5-4-6-16(7-14)22-10-15(20-21-22)11-23-17-18-8-13(3)9-19-17/h4-10,12H,11H2,1-3H3. The van der Waals surface area contributed by atoms with Crippen molar-refractivity contribution in [1.82, 2.24) is 25.0 Å². The number of benzene rings is 1. The van der Waals surface area contributed by atoms with Crippen LogP contribution in [0.2, 0.25) is 0 Å². The molecule has 0 spiro atoms. The smallest absolute Gasteiger partial charge is 0.316 e. The summed E-state index contributed by atoms with van der Waals surface area (Å²) in [6.45, 7) is 6.55. The summed E-state index contributed by atoms with van der Waals surface area (Å²) in [4.78, 5) is 8.20. The van der Waals surface area contributed by atoms with E-state index in [1.807, 2.05) is 25.3 Å². The molecular weight excluding hydrogens is 290 g/mol. The molecule has 0 fully saturated rings. The number of aromatic nitrogens is 5. The summed E-state index contributed by atoms with van der Waals surface area (Å²) in [5, 5.41) is 8.29. The van der Waals surface area contributed by atoms with Crippen LogP contribution in [0.5, 0.6) is 6.01 Å². The highest BCUT2D eigenvalue weighted by molar-refractivity contribution is 5.36. The second-order valence-electron chi connectivity index (χ2n) is 5.74. The molecule has 0 N–H and O–H groups in total. The molecule has 0 bridgehead atoms. The Labute approximate surface area is 135 Å². The van der Waals surface area contributed by atoms with Gasteiger partial charge in [0.15, 0.2) is 0 Å². The molecule has 0 aliphatic rings. The summed E-state index contributed by atoms with van der Waals surface area (Å²) < 4.78 is 7.27. The maximum absolute atomic E-state index is 5.52. The van der Waals surface area contributed by atoms with Gasteiger partial charge in [-0.2, -0.15) is 0 Å². The highest BCUT2D eigenvalue weighted by atomic mass is 16.5. The Morgan fingerprint density at radius 1 is 1.17 bits per heavy atom. The Morgan fingerprint density at radius 2 is 1.96 bits per heavy atom. The van der Waals surface area contributed by atoms with Gasteiger partial charge in [0, 0.05) is 12.4 Å². The zero-order valence-corrected chi connectivity index (χ0v) is 13.5. The zero-order valence-electron chi connectivity index (χ0n) is 13.5. The van der Waals surface area contributed by atoms with Crippen LogP contribution in [0.15, 0.2) is 42.9 Å². The van der Waals surface area contributed by atoms with Gasteiger partial charge >= 0.3 is 6.01 Å². The SMILES string of the molecule is Cc1cnc(OCc2cn(-c3cccc(C(C)C)c3)nn2)nc1. The Balaban J connectivity index is 1.70. The quantitative estimate of drug-likeness (QED) is 0.724. The van der Waals surface area contributed by atoms with Gasteiger partial charge in [0.2, 0.25) is 0 Å². The molecule has 0 aliphatic heterocycles. The lowest BCUT2D eigenvalue weighted by Crippen LogP contribution is -1.99. The molecule has 0 radical (unpaired) electrons. The van der Waals surface area contributed by atoms with Gasteiger partial charge in [-0.1, -0.05) is 31.2 Å². The Bertz CT molecular complexity index is 780. The van der Waals surface area contributed by atoms with Crippen LogP contribution in [0.3, 0.4) is 0 Å². The number of aryl methyl sites for hydroxylation is 1. The van der Waals surface area contributed by atoms with Gasteiger partial charge in [0.1, 0.15) is 12.3 Å². The van der Waals surface area contributed by atoms with Gasteiger partial charge in [-0.15, -0.1) is 5.10 Å². The van der Waals surface area contributed by atoms with Gasteiger partial charge < -0.3 is 4.74 Å². The van der Waals surface area contributed by atoms with Crippen molar-refractivity contribution >= 4 is 0 Å². The largest absolute Gasteiger partial charge is 0.457 e. The molecule has 0 saturated carbocycles. The van der Waals surface area contributed by atoms with Crippen molar-refractivity contribution in [2.24, 2.45) is 0 Å². The molecule has 3 rings (SSSR count). The number of hydrogen-bond acceptors (Lipinski definition) is 5. The first-order valence-electron chi connectivity index (χ1n) is 7.55. The lowest BCUT2D eigenvalue weighted by molar-refractivity contribution is 0.276. The van der Waals surface area contributed by atoms with Gasteiger partial charge in [-0.3, -0.25) is 0 Å². The third-order valence-electron chi connectivity index (χ3n) is 3.45. The number of nitrogens with zero attached hydrogens (tertiary/aromatic N) is 5. The summed E-state index contributed by atoms with van der Waals surface area (Å²) in [6.07, 6.45) is 5.29. The van der Waals surface area contributed by atoms with Crippen LogP contribution in [0, 0.1) is 6.92 Å². The molecule has 1 aromatic carbocycles. The predicted molar refractivity (Wildman–Crippen MR) is 86.5 cm³/mol. The molecule has 0 atom stereocenters. The second-order valence-corrected chi connectivity index (χ2v) is 5.74. The minimum Gasteiger partial charge on any atom is -0.457 e. The molecule has 6 heteroatoms. The van der Waals surface area contributed by atoms with Crippen molar-refractivity contribution in [2.75, 3.05) is 0 Å². The van der Waals surface area contributed by atoms with E-state index in [1.54, 1.807) is 17.1 Å². The molecule has 3 aromatic rings. The van der Waals surface area contributed by atoms with Crippen LogP contribution >= 0.6 is 0 Å². The average molecular weight is 309 g/mol. The lowest BCUT2D eigenvalue weighted by Gasteiger charge is -2.07. The summed E-state index contributed by atoms with van der Waals surface area (Å²) in [5.74, 6) is 0.472. The molecule has 118 valence electrons. The Kier molecular flexibility index (Phi) is 4.32. The fourth-order valence-electron chi connectivity index (χ4n) is 2.11. The normalized spacial score (nSPS) is 11.0.